The van der Waals surface area contributed by atoms with Crippen molar-refractivity contribution in [2.24, 2.45) is 0 Å². The summed E-state index contributed by atoms with van der Waals surface area (Å²) in [5.41, 5.74) is 2.82. The highest BCUT2D eigenvalue weighted by molar-refractivity contribution is 8.02. The fourth-order valence-corrected chi connectivity index (χ4v) is 4.42. The van der Waals surface area contributed by atoms with Gasteiger partial charge in [-0.05, 0) is 43.8 Å². The second-order valence-electron chi connectivity index (χ2n) is 6.36. The minimum atomic E-state index is -0.190. The molecule has 25 heavy (non-hydrogen) atoms. The summed E-state index contributed by atoms with van der Waals surface area (Å²) in [6.45, 7) is 6.35. The van der Waals surface area contributed by atoms with E-state index in [2.05, 4.69) is 26.7 Å². The molecule has 0 atom stereocenters. The summed E-state index contributed by atoms with van der Waals surface area (Å²) in [4.78, 5) is 2.51. The van der Waals surface area contributed by atoms with Crippen molar-refractivity contribution in [1.82, 2.24) is 10.2 Å². The molecule has 0 bridgehead atoms. The fourth-order valence-electron chi connectivity index (χ4n) is 3.34. The average molecular weight is 358 g/mol. The number of nitrogens with zero attached hydrogens (tertiary/aromatic N) is 3. The molecular weight excluding hydrogens is 335 g/mol. The molecule has 0 spiro atoms. The Morgan fingerprint density at radius 1 is 0.880 bits per heavy atom. The maximum absolute atomic E-state index is 14.3. The van der Waals surface area contributed by atoms with Crippen molar-refractivity contribution in [2.45, 2.75) is 6.42 Å². The normalized spacial score (nSPS) is 18.3. The zero-order valence-electron chi connectivity index (χ0n) is 14.2. The minimum absolute atomic E-state index is 0.190. The first-order valence-electron chi connectivity index (χ1n) is 8.85. The van der Waals surface area contributed by atoms with Crippen LogP contribution in [0.15, 0.2) is 48.5 Å². The van der Waals surface area contributed by atoms with E-state index in [9.17, 15) is 4.39 Å². The van der Waals surface area contributed by atoms with Gasteiger partial charge >= 0.3 is 0 Å². The molecule has 2 aromatic carbocycles. The van der Waals surface area contributed by atoms with Crippen LogP contribution in [-0.2, 0) is 0 Å². The smallest absolute Gasteiger partial charge is 0.147 e. The summed E-state index contributed by atoms with van der Waals surface area (Å²) < 4.78 is 18.6. The van der Waals surface area contributed by atoms with E-state index in [1.54, 1.807) is 18.2 Å². The Balaban J connectivity index is 1.51. The van der Waals surface area contributed by atoms with Gasteiger partial charge in [-0.2, -0.15) is 0 Å². The maximum atomic E-state index is 14.3. The van der Waals surface area contributed by atoms with Crippen LogP contribution in [0.2, 0.25) is 0 Å². The Hall–Kier alpha value is -1.76. The number of rotatable bonds is 4. The number of hydrogen-bond acceptors (Lipinski definition) is 5. The molecule has 1 N–H and O–H groups in total. The molecule has 2 aliphatic rings. The molecule has 0 unspecified atom stereocenters. The molecule has 2 heterocycles. The lowest BCUT2D eigenvalue weighted by atomic mass is 10.2. The van der Waals surface area contributed by atoms with Crippen molar-refractivity contribution >= 4 is 29.2 Å². The Labute approximate surface area is 152 Å². The van der Waals surface area contributed by atoms with Crippen molar-refractivity contribution in [1.29, 1.82) is 0 Å². The zero-order valence-corrected chi connectivity index (χ0v) is 15.0. The van der Waals surface area contributed by atoms with Crippen LogP contribution >= 0.6 is 12.1 Å². The van der Waals surface area contributed by atoms with E-state index in [1.165, 1.54) is 12.5 Å². The zero-order chi connectivity index (χ0) is 17.1. The summed E-state index contributed by atoms with van der Waals surface area (Å²) in [5.74, 6) is -0.190. The van der Waals surface area contributed by atoms with Crippen molar-refractivity contribution in [3.05, 3.63) is 54.3 Å². The molecule has 4 nitrogen and oxygen atoms in total. The molecule has 4 rings (SSSR count). The van der Waals surface area contributed by atoms with Crippen LogP contribution in [-0.4, -0.2) is 44.2 Å². The SMILES string of the molecule is Fc1ccccc1N1SN(CCN2CCCNCC2)c2ccccc21. The van der Waals surface area contributed by atoms with E-state index in [1.807, 2.05) is 28.6 Å². The van der Waals surface area contributed by atoms with E-state index >= 15 is 0 Å². The summed E-state index contributed by atoms with van der Waals surface area (Å²) in [6, 6.07) is 15.2. The number of nitrogens with one attached hydrogen (secondary N) is 1. The lowest BCUT2D eigenvalue weighted by Crippen LogP contribution is -2.34. The van der Waals surface area contributed by atoms with Gasteiger partial charge in [0.1, 0.15) is 5.82 Å². The molecule has 132 valence electrons. The summed E-state index contributed by atoms with van der Waals surface area (Å²) in [6.07, 6.45) is 1.20. The highest BCUT2D eigenvalue weighted by Gasteiger charge is 2.29. The number of hydrogen-bond donors (Lipinski definition) is 1. The third-order valence-electron chi connectivity index (χ3n) is 4.67. The number of anilines is 3. The van der Waals surface area contributed by atoms with Crippen LogP contribution in [0.5, 0.6) is 0 Å². The quantitative estimate of drug-likeness (QED) is 0.840. The lowest BCUT2D eigenvalue weighted by molar-refractivity contribution is 0.302. The van der Waals surface area contributed by atoms with Gasteiger partial charge in [0.25, 0.3) is 0 Å². The van der Waals surface area contributed by atoms with E-state index in [0.29, 0.717) is 5.69 Å². The highest BCUT2D eigenvalue weighted by atomic mass is 32.2. The minimum Gasteiger partial charge on any atom is -0.315 e. The van der Waals surface area contributed by atoms with Crippen LogP contribution in [0.1, 0.15) is 6.42 Å². The van der Waals surface area contributed by atoms with Gasteiger partial charge in [-0.1, -0.05) is 24.3 Å². The van der Waals surface area contributed by atoms with Crippen molar-refractivity contribution in [3.63, 3.8) is 0 Å². The molecule has 2 aliphatic heterocycles. The van der Waals surface area contributed by atoms with Crippen LogP contribution in [0, 0.1) is 5.82 Å². The van der Waals surface area contributed by atoms with Crippen LogP contribution in [0.25, 0.3) is 0 Å². The second-order valence-corrected chi connectivity index (χ2v) is 7.33. The number of benzene rings is 2. The van der Waals surface area contributed by atoms with Crippen LogP contribution < -0.4 is 13.9 Å². The highest BCUT2D eigenvalue weighted by Crippen LogP contribution is 2.49. The van der Waals surface area contributed by atoms with Crippen molar-refractivity contribution in [2.75, 3.05) is 47.9 Å². The van der Waals surface area contributed by atoms with Gasteiger partial charge in [-0.15, -0.1) is 0 Å². The van der Waals surface area contributed by atoms with Gasteiger partial charge in [-0.3, -0.25) is 8.61 Å². The molecule has 6 heteroatoms. The fraction of sp³-hybridized carbons (Fsp3) is 0.368. The molecule has 2 aromatic rings. The van der Waals surface area contributed by atoms with Gasteiger partial charge in [0, 0.05) is 26.2 Å². The van der Waals surface area contributed by atoms with Crippen molar-refractivity contribution < 1.29 is 4.39 Å². The van der Waals surface area contributed by atoms with Gasteiger partial charge < -0.3 is 10.2 Å². The topological polar surface area (TPSA) is 21.8 Å². The molecule has 1 saturated heterocycles. The molecule has 0 aromatic heterocycles. The van der Waals surface area contributed by atoms with Crippen LogP contribution in [0.4, 0.5) is 21.5 Å². The third kappa shape index (κ3) is 3.61. The summed E-state index contributed by atoms with van der Waals surface area (Å²) in [7, 11) is 0. The Kier molecular flexibility index (Phi) is 5.10. The van der Waals surface area contributed by atoms with E-state index < -0.39 is 0 Å². The standard InChI is InChI=1S/C19H23FN4S/c20-16-6-1-2-7-17(16)24-19-9-4-3-8-18(19)23(25-24)15-14-22-12-5-10-21-11-13-22/h1-4,6-9,21H,5,10-15H2. The van der Waals surface area contributed by atoms with Crippen molar-refractivity contribution in [3.8, 4) is 0 Å². The molecule has 1 fully saturated rings. The van der Waals surface area contributed by atoms with Gasteiger partial charge in [0.15, 0.2) is 0 Å². The molecule has 0 saturated carbocycles. The number of para-hydroxylation sites is 3. The first kappa shape index (κ1) is 16.7. The first-order chi connectivity index (χ1) is 12.3. The Morgan fingerprint density at radius 3 is 2.48 bits per heavy atom. The number of halogens is 1. The number of fused-ring (bicyclic) bond motifs is 1. The largest absolute Gasteiger partial charge is 0.315 e. The Bertz CT molecular complexity index is 718. The average Bonchev–Trinajstić information content (AvgIpc) is 2.81. The molecular formula is C19H23FN4S. The predicted octanol–water partition coefficient (Wildman–Crippen LogP) is 3.64. The molecule has 0 aliphatic carbocycles. The third-order valence-corrected chi connectivity index (χ3v) is 5.81. The lowest BCUT2D eigenvalue weighted by Gasteiger charge is -2.24. The Morgan fingerprint density at radius 2 is 1.64 bits per heavy atom. The van der Waals surface area contributed by atoms with Gasteiger partial charge in [-0.25, -0.2) is 4.39 Å². The van der Waals surface area contributed by atoms with Gasteiger partial charge in [0.05, 0.1) is 29.2 Å². The summed E-state index contributed by atoms with van der Waals surface area (Å²) >= 11 is 1.58. The molecule has 0 radical (unpaired) electrons. The predicted molar refractivity (Wildman–Crippen MR) is 104 cm³/mol. The van der Waals surface area contributed by atoms with Gasteiger partial charge in [0.2, 0.25) is 0 Å². The van der Waals surface area contributed by atoms with E-state index in [4.69, 9.17) is 0 Å². The van der Waals surface area contributed by atoms with E-state index in [-0.39, 0.29) is 5.82 Å². The second kappa shape index (κ2) is 7.64. The first-order valence-corrected chi connectivity index (χ1v) is 9.58. The van der Waals surface area contributed by atoms with Crippen LogP contribution in [0.3, 0.4) is 0 Å². The summed E-state index contributed by atoms with van der Waals surface area (Å²) in [5, 5.41) is 3.45. The monoisotopic (exact) mass is 358 g/mol. The maximum Gasteiger partial charge on any atom is 0.147 e. The molecule has 0 amide bonds. The van der Waals surface area contributed by atoms with E-state index in [0.717, 1.165) is 50.6 Å².